The van der Waals surface area contributed by atoms with E-state index in [2.05, 4.69) is 59.2 Å². The summed E-state index contributed by atoms with van der Waals surface area (Å²) in [5, 5.41) is 3.43. The molecule has 0 bridgehead atoms. The fourth-order valence-corrected chi connectivity index (χ4v) is 2.24. The molecule has 1 aliphatic rings. The van der Waals surface area contributed by atoms with Gasteiger partial charge in [0.1, 0.15) is 0 Å². The normalized spacial score (nSPS) is 18.1. The molecular weight excluding hydrogens is 285 g/mol. The number of hydrogen-bond donors (Lipinski definition) is 1. The van der Waals surface area contributed by atoms with E-state index in [1.165, 1.54) is 28.4 Å². The smallest absolute Gasteiger partial charge is 0.0133 e. The fraction of sp³-hybridized carbons (Fsp3) is 0.500. The molecule has 0 heterocycles. The van der Waals surface area contributed by atoms with Gasteiger partial charge in [0.05, 0.1) is 0 Å². The Morgan fingerprint density at radius 3 is 2.50 bits per heavy atom. The molecule has 1 atom stereocenters. The van der Waals surface area contributed by atoms with Gasteiger partial charge in [0, 0.05) is 9.61 Å². The minimum atomic E-state index is 0.690. The monoisotopic (exact) mass is 301 g/mol. The van der Waals surface area contributed by atoms with Crippen LogP contribution in [0.5, 0.6) is 0 Å². The highest BCUT2D eigenvalue weighted by Crippen LogP contribution is 2.33. The van der Waals surface area contributed by atoms with Gasteiger partial charge in [0.2, 0.25) is 0 Å². The highest BCUT2D eigenvalue weighted by Gasteiger charge is 2.29. The molecule has 0 radical (unpaired) electrons. The first-order valence-corrected chi connectivity index (χ1v) is 6.29. The van der Waals surface area contributed by atoms with Crippen LogP contribution in [-0.4, -0.2) is 13.1 Å². The Balaban J connectivity index is 1.98. The van der Waals surface area contributed by atoms with E-state index in [0.29, 0.717) is 6.04 Å². The quantitative estimate of drug-likeness (QED) is 0.843. The third-order valence-corrected chi connectivity index (χ3v) is 3.65. The van der Waals surface area contributed by atoms with E-state index < -0.39 is 0 Å². The Labute approximate surface area is 99.4 Å². The van der Waals surface area contributed by atoms with E-state index in [-0.39, 0.29) is 0 Å². The van der Waals surface area contributed by atoms with Crippen LogP contribution in [0.1, 0.15) is 18.4 Å². The highest BCUT2D eigenvalue weighted by molar-refractivity contribution is 14.1. The molecular formula is C12H16IN. The van der Waals surface area contributed by atoms with Crippen molar-refractivity contribution in [2.75, 3.05) is 7.05 Å². The average Bonchev–Trinajstić information content (AvgIpc) is 3.01. The van der Waals surface area contributed by atoms with Crippen LogP contribution < -0.4 is 5.32 Å². The molecule has 2 heteroatoms. The molecule has 1 N–H and O–H groups in total. The fourth-order valence-electron chi connectivity index (χ4n) is 1.88. The van der Waals surface area contributed by atoms with Gasteiger partial charge in [0.25, 0.3) is 0 Å². The second-order valence-electron chi connectivity index (χ2n) is 4.06. The van der Waals surface area contributed by atoms with Gasteiger partial charge in [-0.25, -0.2) is 0 Å². The van der Waals surface area contributed by atoms with Crippen LogP contribution in [-0.2, 0) is 6.42 Å². The Bertz CT molecular complexity index is 290. The van der Waals surface area contributed by atoms with Crippen molar-refractivity contribution in [2.45, 2.75) is 25.3 Å². The number of benzene rings is 1. The molecule has 0 spiro atoms. The first kappa shape index (κ1) is 10.4. The molecule has 1 aromatic rings. The molecule has 0 aliphatic heterocycles. The van der Waals surface area contributed by atoms with E-state index in [1.54, 1.807) is 0 Å². The Morgan fingerprint density at radius 1 is 1.36 bits per heavy atom. The Morgan fingerprint density at radius 2 is 2.00 bits per heavy atom. The summed E-state index contributed by atoms with van der Waals surface area (Å²) in [6.45, 7) is 0. The molecule has 2 rings (SSSR count). The third-order valence-electron chi connectivity index (χ3n) is 2.93. The number of rotatable bonds is 4. The van der Waals surface area contributed by atoms with Crippen LogP contribution in [0.25, 0.3) is 0 Å². The van der Waals surface area contributed by atoms with E-state index in [4.69, 9.17) is 0 Å². The van der Waals surface area contributed by atoms with Gasteiger partial charge in [-0.1, -0.05) is 12.1 Å². The van der Waals surface area contributed by atoms with E-state index in [1.807, 2.05) is 0 Å². The van der Waals surface area contributed by atoms with Gasteiger partial charge in [-0.05, 0) is 72.5 Å². The minimum absolute atomic E-state index is 0.690. The van der Waals surface area contributed by atoms with Crippen molar-refractivity contribution in [3.63, 3.8) is 0 Å². The number of nitrogens with one attached hydrogen (secondary N) is 1. The molecule has 1 aromatic carbocycles. The van der Waals surface area contributed by atoms with Crippen molar-refractivity contribution in [3.8, 4) is 0 Å². The second kappa shape index (κ2) is 4.62. The lowest BCUT2D eigenvalue weighted by molar-refractivity contribution is 0.500. The van der Waals surface area contributed by atoms with E-state index in [0.717, 1.165) is 5.92 Å². The summed E-state index contributed by atoms with van der Waals surface area (Å²) in [7, 11) is 2.08. The summed E-state index contributed by atoms with van der Waals surface area (Å²) < 4.78 is 1.32. The zero-order valence-corrected chi connectivity index (χ0v) is 10.6. The molecule has 0 amide bonds. The van der Waals surface area contributed by atoms with Crippen LogP contribution in [0, 0.1) is 9.49 Å². The SMILES string of the molecule is CNC(Cc1ccc(I)cc1)C1CC1. The standard InChI is InChI=1S/C12H16IN/c1-14-12(10-4-5-10)8-9-2-6-11(13)7-3-9/h2-3,6-7,10,12,14H,4-5,8H2,1H3. The summed E-state index contributed by atoms with van der Waals surface area (Å²) in [6, 6.07) is 9.56. The Kier molecular flexibility index (Phi) is 3.44. The minimum Gasteiger partial charge on any atom is -0.316 e. The lowest BCUT2D eigenvalue weighted by Gasteiger charge is -2.15. The zero-order chi connectivity index (χ0) is 9.97. The van der Waals surface area contributed by atoms with Crippen molar-refractivity contribution in [1.82, 2.24) is 5.32 Å². The zero-order valence-electron chi connectivity index (χ0n) is 8.46. The molecule has 0 saturated heterocycles. The molecule has 1 unspecified atom stereocenters. The molecule has 1 fully saturated rings. The third kappa shape index (κ3) is 2.70. The van der Waals surface area contributed by atoms with Crippen LogP contribution in [0.15, 0.2) is 24.3 Å². The van der Waals surface area contributed by atoms with Crippen LogP contribution in [0.2, 0.25) is 0 Å². The van der Waals surface area contributed by atoms with Crippen molar-refractivity contribution >= 4 is 22.6 Å². The maximum Gasteiger partial charge on any atom is 0.0133 e. The molecule has 1 saturated carbocycles. The van der Waals surface area contributed by atoms with Crippen LogP contribution in [0.4, 0.5) is 0 Å². The van der Waals surface area contributed by atoms with Gasteiger partial charge < -0.3 is 5.32 Å². The van der Waals surface area contributed by atoms with Gasteiger partial charge in [-0.15, -0.1) is 0 Å². The number of hydrogen-bond acceptors (Lipinski definition) is 1. The summed E-state index contributed by atoms with van der Waals surface area (Å²) in [5.41, 5.74) is 1.46. The molecule has 1 nitrogen and oxygen atoms in total. The molecule has 1 aliphatic carbocycles. The van der Waals surface area contributed by atoms with Crippen molar-refractivity contribution in [2.24, 2.45) is 5.92 Å². The van der Waals surface area contributed by atoms with Gasteiger partial charge in [-0.2, -0.15) is 0 Å². The van der Waals surface area contributed by atoms with E-state index >= 15 is 0 Å². The van der Waals surface area contributed by atoms with Crippen molar-refractivity contribution in [1.29, 1.82) is 0 Å². The van der Waals surface area contributed by atoms with Gasteiger partial charge in [0.15, 0.2) is 0 Å². The predicted octanol–water partition coefficient (Wildman–Crippen LogP) is 2.83. The molecule has 0 aromatic heterocycles. The lowest BCUT2D eigenvalue weighted by atomic mass is 10.0. The first-order valence-electron chi connectivity index (χ1n) is 5.21. The van der Waals surface area contributed by atoms with Gasteiger partial charge in [-0.3, -0.25) is 0 Å². The van der Waals surface area contributed by atoms with E-state index in [9.17, 15) is 0 Å². The average molecular weight is 301 g/mol. The van der Waals surface area contributed by atoms with Crippen LogP contribution in [0.3, 0.4) is 0 Å². The molecule has 76 valence electrons. The maximum atomic E-state index is 3.43. The van der Waals surface area contributed by atoms with Crippen molar-refractivity contribution < 1.29 is 0 Å². The number of halogens is 1. The lowest BCUT2D eigenvalue weighted by Crippen LogP contribution is -2.29. The largest absolute Gasteiger partial charge is 0.316 e. The highest BCUT2D eigenvalue weighted by atomic mass is 127. The van der Waals surface area contributed by atoms with Gasteiger partial charge >= 0.3 is 0 Å². The topological polar surface area (TPSA) is 12.0 Å². The number of likely N-dealkylation sites (N-methyl/N-ethyl adjacent to an activating group) is 1. The Hall–Kier alpha value is -0.0900. The second-order valence-corrected chi connectivity index (χ2v) is 5.31. The first-order chi connectivity index (χ1) is 6.79. The summed E-state index contributed by atoms with van der Waals surface area (Å²) in [5.74, 6) is 0.930. The molecule has 14 heavy (non-hydrogen) atoms. The maximum absolute atomic E-state index is 3.43. The summed E-state index contributed by atoms with van der Waals surface area (Å²) in [4.78, 5) is 0. The summed E-state index contributed by atoms with van der Waals surface area (Å²) in [6.07, 6.45) is 4.00. The summed E-state index contributed by atoms with van der Waals surface area (Å²) >= 11 is 2.35. The van der Waals surface area contributed by atoms with Crippen LogP contribution >= 0.6 is 22.6 Å². The van der Waals surface area contributed by atoms with Crippen molar-refractivity contribution in [3.05, 3.63) is 33.4 Å². The predicted molar refractivity (Wildman–Crippen MR) is 68.4 cm³/mol.